The molecule has 2 aromatic rings. The van der Waals surface area contributed by atoms with Gasteiger partial charge in [0.2, 0.25) is 0 Å². The third kappa shape index (κ3) is 2.35. The van der Waals surface area contributed by atoms with Gasteiger partial charge >= 0.3 is 11.7 Å². The molecule has 0 atom stereocenters. The van der Waals surface area contributed by atoms with Crippen LogP contribution in [0.3, 0.4) is 0 Å². The number of hydrogen-bond acceptors (Lipinski definition) is 3. The van der Waals surface area contributed by atoms with Crippen LogP contribution >= 0.6 is 0 Å². The van der Waals surface area contributed by atoms with E-state index in [2.05, 4.69) is 0 Å². The van der Waals surface area contributed by atoms with Crippen molar-refractivity contribution in [3.05, 3.63) is 34.8 Å². The van der Waals surface area contributed by atoms with Gasteiger partial charge in [-0.2, -0.15) is 0 Å². The highest BCUT2D eigenvalue weighted by atomic mass is 16.4. The van der Waals surface area contributed by atoms with E-state index < -0.39 is 5.97 Å². The molecule has 5 heteroatoms. The highest BCUT2D eigenvalue weighted by molar-refractivity contribution is 5.72. The van der Waals surface area contributed by atoms with E-state index in [4.69, 9.17) is 9.52 Å². The number of para-hydroxylation sites is 2. The summed E-state index contributed by atoms with van der Waals surface area (Å²) in [6, 6.07) is 7.39. The van der Waals surface area contributed by atoms with E-state index in [0.29, 0.717) is 30.9 Å². The number of carboxylic acids is 1. The molecule has 1 fully saturated rings. The fourth-order valence-electron chi connectivity index (χ4n) is 3.04. The van der Waals surface area contributed by atoms with Crippen molar-refractivity contribution in [2.24, 2.45) is 11.8 Å². The predicted molar refractivity (Wildman–Crippen MR) is 73.6 cm³/mol. The molecule has 0 unspecified atom stereocenters. The first-order valence-electron chi connectivity index (χ1n) is 6.96. The summed E-state index contributed by atoms with van der Waals surface area (Å²) in [4.78, 5) is 22.8. The van der Waals surface area contributed by atoms with Crippen molar-refractivity contribution in [1.82, 2.24) is 4.57 Å². The zero-order chi connectivity index (χ0) is 14.1. The van der Waals surface area contributed by atoms with Gasteiger partial charge in [-0.3, -0.25) is 9.36 Å². The maximum atomic E-state index is 11.9. The summed E-state index contributed by atoms with van der Waals surface area (Å²) in [5.41, 5.74) is 1.43. The number of aliphatic carboxylic acids is 1. The normalized spacial score (nSPS) is 23.0. The van der Waals surface area contributed by atoms with Crippen LogP contribution in [0.2, 0.25) is 0 Å². The topological polar surface area (TPSA) is 72.4 Å². The van der Waals surface area contributed by atoms with Gasteiger partial charge < -0.3 is 9.52 Å². The van der Waals surface area contributed by atoms with Crippen LogP contribution in [0.25, 0.3) is 11.1 Å². The monoisotopic (exact) mass is 275 g/mol. The molecular formula is C15H17NO4. The zero-order valence-corrected chi connectivity index (χ0v) is 11.1. The van der Waals surface area contributed by atoms with Crippen LogP contribution in [-0.2, 0) is 11.3 Å². The lowest BCUT2D eigenvalue weighted by Gasteiger charge is -2.25. The number of fused-ring (bicyclic) bond motifs is 1. The van der Waals surface area contributed by atoms with Crippen molar-refractivity contribution in [3.8, 4) is 0 Å². The predicted octanol–water partition coefficient (Wildman–Crippen LogP) is 2.49. The van der Waals surface area contributed by atoms with E-state index >= 15 is 0 Å². The van der Waals surface area contributed by atoms with Gasteiger partial charge in [0.1, 0.15) is 0 Å². The summed E-state index contributed by atoms with van der Waals surface area (Å²) < 4.78 is 6.88. The van der Waals surface area contributed by atoms with Gasteiger partial charge in [-0.25, -0.2) is 4.79 Å². The van der Waals surface area contributed by atoms with Gasteiger partial charge in [0, 0.05) is 6.54 Å². The highest BCUT2D eigenvalue weighted by Crippen LogP contribution is 2.30. The van der Waals surface area contributed by atoms with Crippen LogP contribution in [0.15, 0.2) is 33.5 Å². The maximum Gasteiger partial charge on any atom is 0.419 e. The van der Waals surface area contributed by atoms with E-state index in [1.54, 1.807) is 10.6 Å². The van der Waals surface area contributed by atoms with Crippen molar-refractivity contribution >= 4 is 17.1 Å². The summed E-state index contributed by atoms with van der Waals surface area (Å²) in [7, 11) is 0. The third-order valence-electron chi connectivity index (χ3n) is 4.21. The smallest absolute Gasteiger partial charge is 0.419 e. The molecule has 1 N–H and O–H groups in total. The number of carboxylic acid groups (broad SMARTS) is 1. The van der Waals surface area contributed by atoms with Crippen LogP contribution in [0.5, 0.6) is 0 Å². The van der Waals surface area contributed by atoms with E-state index in [-0.39, 0.29) is 11.7 Å². The molecule has 5 nitrogen and oxygen atoms in total. The molecule has 0 bridgehead atoms. The second kappa shape index (κ2) is 5.15. The molecule has 0 aliphatic heterocycles. The first-order valence-corrected chi connectivity index (χ1v) is 6.96. The molecule has 1 aromatic heterocycles. The van der Waals surface area contributed by atoms with Crippen molar-refractivity contribution < 1.29 is 14.3 Å². The fraction of sp³-hybridized carbons (Fsp3) is 0.467. The van der Waals surface area contributed by atoms with E-state index in [1.165, 1.54) is 0 Å². The standard InChI is InChI=1S/C15H17NO4/c17-14(18)11-7-5-10(6-8-11)9-16-12-3-1-2-4-13(12)20-15(16)19/h1-4,10-11H,5-9H2,(H,17,18)/t10-,11-. The molecule has 1 aromatic carbocycles. The number of rotatable bonds is 3. The quantitative estimate of drug-likeness (QED) is 0.934. The second-order valence-corrected chi connectivity index (χ2v) is 5.50. The van der Waals surface area contributed by atoms with Crippen LogP contribution in [-0.4, -0.2) is 15.6 Å². The Kier molecular flexibility index (Phi) is 3.34. The van der Waals surface area contributed by atoms with Gasteiger partial charge in [0.15, 0.2) is 5.58 Å². The minimum Gasteiger partial charge on any atom is -0.481 e. The number of oxazole rings is 1. The highest BCUT2D eigenvalue weighted by Gasteiger charge is 2.26. The number of aromatic nitrogens is 1. The SMILES string of the molecule is O=c1oc2ccccc2n1C[C@H]1CC[C@H](C(=O)O)CC1. The summed E-state index contributed by atoms with van der Waals surface area (Å²) in [5.74, 6) is -0.894. The summed E-state index contributed by atoms with van der Waals surface area (Å²) in [6.45, 7) is 0.613. The van der Waals surface area contributed by atoms with Gasteiger partial charge in [-0.1, -0.05) is 12.1 Å². The van der Waals surface area contributed by atoms with E-state index in [9.17, 15) is 9.59 Å². The summed E-state index contributed by atoms with van der Waals surface area (Å²) in [5, 5.41) is 9.00. The molecule has 0 radical (unpaired) electrons. The Bertz CT molecular complexity index is 676. The number of nitrogens with zero attached hydrogens (tertiary/aromatic N) is 1. The van der Waals surface area contributed by atoms with Crippen molar-refractivity contribution in [2.45, 2.75) is 32.2 Å². The Morgan fingerprint density at radius 2 is 1.95 bits per heavy atom. The molecule has 106 valence electrons. The molecule has 0 saturated heterocycles. The molecule has 1 aliphatic rings. The van der Waals surface area contributed by atoms with Crippen LogP contribution in [0.1, 0.15) is 25.7 Å². The molecule has 3 rings (SSSR count). The second-order valence-electron chi connectivity index (χ2n) is 5.50. The van der Waals surface area contributed by atoms with Gasteiger partial charge in [0.25, 0.3) is 0 Å². The van der Waals surface area contributed by atoms with Crippen molar-refractivity contribution in [3.63, 3.8) is 0 Å². The van der Waals surface area contributed by atoms with Crippen LogP contribution in [0, 0.1) is 11.8 Å². The molecule has 20 heavy (non-hydrogen) atoms. The van der Waals surface area contributed by atoms with Crippen molar-refractivity contribution in [1.29, 1.82) is 0 Å². The van der Waals surface area contributed by atoms with E-state index in [0.717, 1.165) is 18.4 Å². The Balaban J connectivity index is 1.76. The Hall–Kier alpha value is -2.04. The molecule has 1 aliphatic carbocycles. The largest absolute Gasteiger partial charge is 0.481 e. The van der Waals surface area contributed by atoms with Gasteiger partial charge in [-0.05, 0) is 43.7 Å². The number of carbonyl (C=O) groups is 1. The lowest BCUT2D eigenvalue weighted by molar-refractivity contribution is -0.143. The van der Waals surface area contributed by atoms with Gasteiger partial charge in [0.05, 0.1) is 11.4 Å². The first-order chi connectivity index (χ1) is 9.65. The Morgan fingerprint density at radius 3 is 2.65 bits per heavy atom. The van der Waals surface area contributed by atoms with Crippen LogP contribution < -0.4 is 5.76 Å². The Labute approximate surface area is 115 Å². The van der Waals surface area contributed by atoms with Crippen molar-refractivity contribution in [2.75, 3.05) is 0 Å². The summed E-state index contributed by atoms with van der Waals surface area (Å²) >= 11 is 0. The third-order valence-corrected chi connectivity index (χ3v) is 4.21. The average Bonchev–Trinajstić information content (AvgIpc) is 2.76. The number of hydrogen-bond donors (Lipinski definition) is 1. The lowest BCUT2D eigenvalue weighted by Crippen LogP contribution is -2.26. The Morgan fingerprint density at radius 1 is 1.25 bits per heavy atom. The van der Waals surface area contributed by atoms with Gasteiger partial charge in [-0.15, -0.1) is 0 Å². The maximum absolute atomic E-state index is 11.9. The fourth-order valence-corrected chi connectivity index (χ4v) is 3.04. The van der Waals surface area contributed by atoms with Crippen LogP contribution in [0.4, 0.5) is 0 Å². The van der Waals surface area contributed by atoms with E-state index in [1.807, 2.05) is 18.2 Å². The molecular weight excluding hydrogens is 258 g/mol. The molecule has 0 amide bonds. The number of benzene rings is 1. The molecule has 1 heterocycles. The molecule has 0 spiro atoms. The minimum absolute atomic E-state index is 0.218. The average molecular weight is 275 g/mol. The molecule has 1 saturated carbocycles. The summed E-state index contributed by atoms with van der Waals surface area (Å²) in [6.07, 6.45) is 3.10. The lowest BCUT2D eigenvalue weighted by atomic mass is 9.82. The minimum atomic E-state index is -0.700. The zero-order valence-electron chi connectivity index (χ0n) is 11.1. The first kappa shape index (κ1) is 13.0.